The fraction of sp³-hybridized carbons (Fsp3) is 0.407. The molecule has 0 spiro atoms. The molecule has 3 aromatic rings. The second-order valence-electron chi connectivity index (χ2n) is 9.54. The zero-order chi connectivity index (χ0) is 27.0. The maximum atomic E-state index is 13.0. The molecule has 1 amide bonds. The van der Waals surface area contributed by atoms with Crippen LogP contribution in [0.2, 0.25) is 0 Å². The van der Waals surface area contributed by atoms with Crippen molar-refractivity contribution in [3.8, 4) is 0 Å². The summed E-state index contributed by atoms with van der Waals surface area (Å²) in [6.07, 6.45) is -0.0291. The maximum absolute atomic E-state index is 13.0. The van der Waals surface area contributed by atoms with E-state index < -0.39 is 35.7 Å². The molecule has 1 heterocycles. The van der Waals surface area contributed by atoms with Crippen LogP contribution in [0.3, 0.4) is 0 Å². The molecule has 0 saturated heterocycles. The number of benzene rings is 2. The smallest absolute Gasteiger partial charge is 0.408 e. The van der Waals surface area contributed by atoms with Gasteiger partial charge < -0.3 is 29.7 Å². The molecule has 0 bridgehead atoms. The Kier molecular flexibility index (Phi) is 9.24. The molecule has 0 aliphatic rings. The third kappa shape index (κ3) is 8.32. The van der Waals surface area contributed by atoms with Crippen LogP contribution < -0.4 is 11.1 Å². The summed E-state index contributed by atoms with van der Waals surface area (Å²) in [4.78, 5) is 41.7. The average Bonchev–Trinajstić information content (AvgIpc) is 3.29. The van der Waals surface area contributed by atoms with E-state index in [-0.39, 0.29) is 13.0 Å². The number of aryl methyl sites for hydroxylation is 1. The summed E-state index contributed by atoms with van der Waals surface area (Å²) in [6.45, 7) is 5.31. The van der Waals surface area contributed by atoms with Gasteiger partial charge >= 0.3 is 18.0 Å². The average molecular weight is 512 g/mol. The summed E-state index contributed by atoms with van der Waals surface area (Å²) < 4.78 is 21.3. The number of nitrogens with one attached hydrogen (secondary N) is 1. The Labute approximate surface area is 215 Å². The molecule has 0 fully saturated rings. The standard InChI is InChI=1S/C27H33N3O7/c1-27(2,3)37-25(32)20(29-26(33)35-16-17-9-6-5-7-10-17)15-18-11-8-12-21-23(18)30-22(36-21)14-13-19(28)24(31)34-4/h5-12,19-20H,13-16,28H2,1-4H3,(H,29,33)/t19-,20-/m0/s1. The molecule has 0 aliphatic carbocycles. The molecule has 10 nitrogen and oxygen atoms in total. The van der Waals surface area contributed by atoms with Crippen LogP contribution in [-0.2, 0) is 43.2 Å². The summed E-state index contributed by atoms with van der Waals surface area (Å²) in [5, 5.41) is 2.63. The van der Waals surface area contributed by atoms with E-state index in [1.165, 1.54) is 7.11 Å². The molecule has 10 heteroatoms. The second kappa shape index (κ2) is 12.4. The first-order chi connectivity index (χ1) is 17.6. The number of aromatic nitrogens is 1. The van der Waals surface area contributed by atoms with Gasteiger partial charge in [-0.1, -0.05) is 42.5 Å². The number of para-hydroxylation sites is 1. The Morgan fingerprint density at radius 3 is 2.46 bits per heavy atom. The van der Waals surface area contributed by atoms with Crippen molar-refractivity contribution < 1.29 is 33.0 Å². The number of rotatable bonds is 10. The van der Waals surface area contributed by atoms with Gasteiger partial charge in [-0.2, -0.15) is 0 Å². The lowest BCUT2D eigenvalue weighted by atomic mass is 10.0. The van der Waals surface area contributed by atoms with E-state index in [1.807, 2.05) is 30.3 Å². The fourth-order valence-electron chi connectivity index (χ4n) is 3.56. The number of methoxy groups -OCH3 is 1. The number of esters is 2. The topological polar surface area (TPSA) is 143 Å². The first-order valence-corrected chi connectivity index (χ1v) is 12.0. The van der Waals surface area contributed by atoms with Gasteiger partial charge in [-0.05, 0) is 44.4 Å². The number of alkyl carbamates (subject to hydrolysis) is 1. The molecule has 2 atom stereocenters. The number of hydrogen-bond donors (Lipinski definition) is 2. The summed E-state index contributed by atoms with van der Waals surface area (Å²) >= 11 is 0. The van der Waals surface area contributed by atoms with Gasteiger partial charge in [0.1, 0.15) is 29.8 Å². The van der Waals surface area contributed by atoms with E-state index >= 15 is 0 Å². The molecule has 198 valence electrons. The van der Waals surface area contributed by atoms with Gasteiger partial charge in [-0.15, -0.1) is 0 Å². The van der Waals surface area contributed by atoms with E-state index in [0.717, 1.165) is 5.56 Å². The van der Waals surface area contributed by atoms with Crippen molar-refractivity contribution in [2.24, 2.45) is 5.73 Å². The summed E-state index contributed by atoms with van der Waals surface area (Å²) in [7, 11) is 1.28. The summed E-state index contributed by atoms with van der Waals surface area (Å²) in [6, 6.07) is 12.7. The molecule has 3 N–H and O–H groups in total. The molecule has 0 radical (unpaired) electrons. The van der Waals surface area contributed by atoms with E-state index in [1.54, 1.807) is 39.0 Å². The molecular formula is C27H33N3O7. The number of fused-ring (bicyclic) bond motifs is 1. The predicted molar refractivity (Wildman–Crippen MR) is 135 cm³/mol. The molecule has 0 saturated carbocycles. The Morgan fingerprint density at radius 2 is 1.78 bits per heavy atom. The Hall–Kier alpha value is -3.92. The van der Waals surface area contributed by atoms with Gasteiger partial charge in [-0.25, -0.2) is 14.6 Å². The zero-order valence-corrected chi connectivity index (χ0v) is 21.5. The van der Waals surface area contributed by atoms with Gasteiger partial charge in [-0.3, -0.25) is 4.79 Å². The Balaban J connectivity index is 1.76. The lowest BCUT2D eigenvalue weighted by molar-refractivity contribution is -0.157. The monoisotopic (exact) mass is 511 g/mol. The SMILES string of the molecule is COC(=O)[C@@H](N)CCc1nc2c(C[C@H](NC(=O)OCc3ccccc3)C(=O)OC(C)(C)C)cccc2o1. The number of nitrogens with two attached hydrogens (primary N) is 1. The number of amides is 1. The summed E-state index contributed by atoms with van der Waals surface area (Å²) in [5.41, 5.74) is 7.59. The lowest BCUT2D eigenvalue weighted by Crippen LogP contribution is -2.45. The summed E-state index contributed by atoms with van der Waals surface area (Å²) in [5.74, 6) is -0.720. The molecule has 2 aromatic carbocycles. The highest BCUT2D eigenvalue weighted by molar-refractivity contribution is 5.84. The maximum Gasteiger partial charge on any atom is 0.408 e. The van der Waals surface area contributed by atoms with Gasteiger partial charge in [0.2, 0.25) is 0 Å². The second-order valence-corrected chi connectivity index (χ2v) is 9.54. The molecule has 37 heavy (non-hydrogen) atoms. The van der Waals surface area contributed by atoms with Gasteiger partial charge in [0.25, 0.3) is 0 Å². The first kappa shape index (κ1) is 27.7. The van der Waals surface area contributed by atoms with Crippen LogP contribution in [-0.4, -0.2) is 47.8 Å². The van der Waals surface area contributed by atoms with Crippen molar-refractivity contribution in [2.75, 3.05) is 7.11 Å². The van der Waals surface area contributed by atoms with Crippen LogP contribution in [0.5, 0.6) is 0 Å². The number of hydrogen-bond acceptors (Lipinski definition) is 9. The van der Waals surface area contributed by atoms with Crippen LogP contribution in [0.1, 0.15) is 44.2 Å². The van der Waals surface area contributed by atoms with Crippen molar-refractivity contribution in [1.29, 1.82) is 0 Å². The third-order valence-electron chi connectivity index (χ3n) is 5.34. The molecule has 1 aromatic heterocycles. The highest BCUT2D eigenvalue weighted by atomic mass is 16.6. The van der Waals surface area contributed by atoms with Crippen LogP contribution >= 0.6 is 0 Å². The molecule has 0 unspecified atom stereocenters. The van der Waals surface area contributed by atoms with Crippen LogP contribution in [0, 0.1) is 0 Å². The van der Waals surface area contributed by atoms with E-state index in [4.69, 9.17) is 19.6 Å². The number of nitrogens with zero attached hydrogens (tertiary/aromatic N) is 1. The Bertz CT molecular complexity index is 1220. The minimum Gasteiger partial charge on any atom is -0.468 e. The fourth-order valence-corrected chi connectivity index (χ4v) is 3.56. The molecular weight excluding hydrogens is 478 g/mol. The number of oxazole rings is 1. The van der Waals surface area contributed by atoms with Crippen molar-refractivity contribution in [1.82, 2.24) is 10.3 Å². The lowest BCUT2D eigenvalue weighted by Gasteiger charge is -2.24. The number of ether oxygens (including phenoxy) is 3. The number of carbonyl (C=O) groups is 3. The van der Waals surface area contributed by atoms with Crippen LogP contribution in [0.4, 0.5) is 4.79 Å². The van der Waals surface area contributed by atoms with Gasteiger partial charge in [0.05, 0.1) is 7.11 Å². The highest BCUT2D eigenvalue weighted by Crippen LogP contribution is 2.23. The zero-order valence-electron chi connectivity index (χ0n) is 21.5. The minimum atomic E-state index is -1.03. The van der Waals surface area contributed by atoms with Gasteiger partial charge in [0.15, 0.2) is 11.5 Å². The normalized spacial score (nSPS) is 13.0. The van der Waals surface area contributed by atoms with Crippen LogP contribution in [0.25, 0.3) is 11.1 Å². The largest absolute Gasteiger partial charge is 0.468 e. The predicted octanol–water partition coefficient (Wildman–Crippen LogP) is 3.44. The molecule has 3 rings (SSSR count). The highest BCUT2D eigenvalue weighted by Gasteiger charge is 2.29. The van der Waals surface area contributed by atoms with Crippen molar-refractivity contribution in [2.45, 2.75) is 64.3 Å². The van der Waals surface area contributed by atoms with Crippen LogP contribution in [0.15, 0.2) is 52.9 Å². The molecule has 0 aliphatic heterocycles. The van der Waals surface area contributed by atoms with E-state index in [0.29, 0.717) is 35.4 Å². The number of carbonyl (C=O) groups excluding carboxylic acids is 3. The van der Waals surface area contributed by atoms with Crippen molar-refractivity contribution >= 4 is 29.1 Å². The minimum absolute atomic E-state index is 0.0592. The van der Waals surface area contributed by atoms with E-state index in [2.05, 4.69) is 15.0 Å². The van der Waals surface area contributed by atoms with E-state index in [9.17, 15) is 14.4 Å². The van der Waals surface area contributed by atoms with Crippen molar-refractivity contribution in [3.63, 3.8) is 0 Å². The Morgan fingerprint density at radius 1 is 1.05 bits per heavy atom. The van der Waals surface area contributed by atoms with Gasteiger partial charge in [0, 0.05) is 12.8 Å². The van der Waals surface area contributed by atoms with Crippen molar-refractivity contribution in [3.05, 3.63) is 65.5 Å². The third-order valence-corrected chi connectivity index (χ3v) is 5.34. The first-order valence-electron chi connectivity index (χ1n) is 12.0. The quantitative estimate of drug-likeness (QED) is 0.309.